The Balaban J connectivity index is 1.78. The number of halogens is 3. The minimum Gasteiger partial charge on any atom is -0.459 e. The van der Waals surface area contributed by atoms with Crippen LogP contribution in [0.5, 0.6) is 0 Å². The van der Waals surface area contributed by atoms with Gasteiger partial charge in [-0.1, -0.05) is 12.1 Å². The minimum absolute atomic E-state index is 0.270. The largest absolute Gasteiger partial charge is 0.459 e. The van der Waals surface area contributed by atoms with Crippen LogP contribution < -0.4 is 16.0 Å². The average Bonchev–Trinajstić information content (AvgIpc) is 3.12. The summed E-state index contributed by atoms with van der Waals surface area (Å²) in [6.45, 7) is 4.51. The lowest BCUT2D eigenvalue weighted by Crippen LogP contribution is -2.40. The zero-order valence-electron chi connectivity index (χ0n) is 16.6. The van der Waals surface area contributed by atoms with Gasteiger partial charge < -0.3 is 20.4 Å². The number of benzene rings is 1. The van der Waals surface area contributed by atoms with Crippen molar-refractivity contribution < 1.29 is 22.4 Å². The van der Waals surface area contributed by atoms with Crippen molar-refractivity contribution in [2.45, 2.75) is 32.5 Å². The van der Waals surface area contributed by atoms with E-state index in [1.165, 1.54) is 12.3 Å². The highest BCUT2D eigenvalue weighted by Crippen LogP contribution is 2.30. The van der Waals surface area contributed by atoms with E-state index in [-0.39, 0.29) is 11.9 Å². The van der Waals surface area contributed by atoms with Gasteiger partial charge in [0.15, 0.2) is 11.7 Å². The first-order chi connectivity index (χ1) is 13.7. The Labute approximate surface area is 167 Å². The first-order valence-electron chi connectivity index (χ1n) is 9.19. The SMILES string of the molecule is CN=C(NCCCNC(=O)c1occc1C)NC(C)c1cccc(C(F)(F)F)c1. The molecule has 0 fully saturated rings. The van der Waals surface area contributed by atoms with Crippen LogP contribution in [0.15, 0.2) is 46.0 Å². The lowest BCUT2D eigenvalue weighted by Gasteiger charge is -2.19. The van der Waals surface area contributed by atoms with Crippen molar-refractivity contribution in [1.29, 1.82) is 0 Å². The second-order valence-electron chi connectivity index (χ2n) is 6.53. The number of hydrogen-bond acceptors (Lipinski definition) is 3. The monoisotopic (exact) mass is 410 g/mol. The zero-order valence-corrected chi connectivity index (χ0v) is 16.6. The number of nitrogens with one attached hydrogen (secondary N) is 3. The third-order valence-electron chi connectivity index (χ3n) is 4.29. The van der Waals surface area contributed by atoms with Gasteiger partial charge in [-0.25, -0.2) is 0 Å². The predicted octanol–water partition coefficient (Wildman–Crippen LogP) is 3.65. The van der Waals surface area contributed by atoms with Gasteiger partial charge in [-0.05, 0) is 44.0 Å². The molecule has 1 unspecified atom stereocenters. The fourth-order valence-electron chi connectivity index (χ4n) is 2.65. The Morgan fingerprint density at radius 2 is 1.93 bits per heavy atom. The van der Waals surface area contributed by atoms with Crippen molar-refractivity contribution in [2.75, 3.05) is 20.1 Å². The zero-order chi connectivity index (χ0) is 21.4. The molecule has 29 heavy (non-hydrogen) atoms. The predicted molar refractivity (Wildman–Crippen MR) is 105 cm³/mol. The number of aryl methyl sites for hydroxylation is 1. The molecule has 9 heteroatoms. The standard InChI is InChI=1S/C20H25F3N4O2/c1-13-8-11-29-17(13)18(28)25-9-5-10-26-19(24-3)27-14(2)15-6-4-7-16(12-15)20(21,22)23/h4,6-8,11-12,14H,5,9-10H2,1-3H3,(H,25,28)(H2,24,26,27). The molecule has 1 amide bonds. The molecule has 2 aromatic rings. The van der Waals surface area contributed by atoms with Crippen LogP contribution in [0.1, 0.15) is 46.6 Å². The van der Waals surface area contributed by atoms with Crippen LogP contribution in [0.25, 0.3) is 0 Å². The van der Waals surface area contributed by atoms with Crippen LogP contribution in [0.4, 0.5) is 13.2 Å². The molecular weight excluding hydrogens is 385 g/mol. The van der Waals surface area contributed by atoms with Gasteiger partial charge in [0.05, 0.1) is 17.9 Å². The highest BCUT2D eigenvalue weighted by Gasteiger charge is 2.30. The van der Waals surface area contributed by atoms with E-state index >= 15 is 0 Å². The van der Waals surface area contributed by atoms with Gasteiger partial charge in [0, 0.05) is 25.7 Å². The number of carbonyl (C=O) groups excluding carboxylic acids is 1. The number of carbonyl (C=O) groups is 1. The van der Waals surface area contributed by atoms with Gasteiger partial charge in [-0.15, -0.1) is 0 Å². The molecular formula is C20H25F3N4O2. The molecule has 1 atom stereocenters. The summed E-state index contributed by atoms with van der Waals surface area (Å²) in [6, 6.07) is 6.53. The molecule has 0 bridgehead atoms. The van der Waals surface area contributed by atoms with E-state index in [9.17, 15) is 18.0 Å². The van der Waals surface area contributed by atoms with Crippen molar-refractivity contribution in [3.63, 3.8) is 0 Å². The molecule has 2 rings (SSSR count). The molecule has 1 heterocycles. The molecule has 0 spiro atoms. The van der Waals surface area contributed by atoms with Gasteiger partial charge in [0.25, 0.3) is 5.91 Å². The van der Waals surface area contributed by atoms with Crippen molar-refractivity contribution in [2.24, 2.45) is 4.99 Å². The second-order valence-corrected chi connectivity index (χ2v) is 6.53. The van der Waals surface area contributed by atoms with Gasteiger partial charge >= 0.3 is 6.18 Å². The molecule has 1 aromatic carbocycles. The van der Waals surface area contributed by atoms with Crippen LogP contribution in [0.3, 0.4) is 0 Å². The van der Waals surface area contributed by atoms with Crippen LogP contribution in [0, 0.1) is 6.92 Å². The summed E-state index contributed by atoms with van der Waals surface area (Å²) in [6.07, 6.45) is -2.29. The summed E-state index contributed by atoms with van der Waals surface area (Å²) in [5, 5.41) is 8.90. The van der Waals surface area contributed by atoms with E-state index in [4.69, 9.17) is 4.42 Å². The van der Waals surface area contributed by atoms with E-state index in [0.29, 0.717) is 36.8 Å². The highest BCUT2D eigenvalue weighted by atomic mass is 19.4. The lowest BCUT2D eigenvalue weighted by atomic mass is 10.1. The number of aliphatic imine (C=N–C) groups is 1. The van der Waals surface area contributed by atoms with Crippen molar-refractivity contribution >= 4 is 11.9 Å². The Morgan fingerprint density at radius 3 is 2.55 bits per heavy atom. The molecule has 0 saturated carbocycles. The van der Waals surface area contributed by atoms with Crippen molar-refractivity contribution in [3.8, 4) is 0 Å². The third kappa shape index (κ3) is 6.55. The van der Waals surface area contributed by atoms with Crippen molar-refractivity contribution in [1.82, 2.24) is 16.0 Å². The maximum atomic E-state index is 12.9. The summed E-state index contributed by atoms with van der Waals surface area (Å²) in [7, 11) is 1.58. The topological polar surface area (TPSA) is 78.7 Å². The highest BCUT2D eigenvalue weighted by molar-refractivity contribution is 5.92. The summed E-state index contributed by atoms with van der Waals surface area (Å²) >= 11 is 0. The first-order valence-corrected chi connectivity index (χ1v) is 9.19. The summed E-state index contributed by atoms with van der Waals surface area (Å²) in [5.74, 6) is 0.488. The maximum absolute atomic E-state index is 12.9. The van der Waals surface area contributed by atoms with Gasteiger partial charge in [0.2, 0.25) is 0 Å². The lowest BCUT2D eigenvalue weighted by molar-refractivity contribution is -0.137. The summed E-state index contributed by atoms with van der Waals surface area (Å²) in [5.41, 5.74) is 0.590. The number of alkyl halides is 3. The number of guanidine groups is 1. The number of amides is 1. The first kappa shape index (κ1) is 22.3. The van der Waals surface area contributed by atoms with Crippen LogP contribution in [0.2, 0.25) is 0 Å². The molecule has 158 valence electrons. The summed E-state index contributed by atoms with van der Waals surface area (Å²) in [4.78, 5) is 16.0. The fourth-order valence-corrected chi connectivity index (χ4v) is 2.65. The number of furan rings is 1. The average molecular weight is 410 g/mol. The Kier molecular flexibility index (Phi) is 7.69. The quantitative estimate of drug-likeness (QED) is 0.370. The Hall–Kier alpha value is -2.97. The van der Waals surface area contributed by atoms with Crippen LogP contribution >= 0.6 is 0 Å². The van der Waals surface area contributed by atoms with E-state index in [1.807, 2.05) is 0 Å². The normalized spacial score (nSPS) is 13.1. The van der Waals surface area contributed by atoms with E-state index < -0.39 is 11.7 Å². The van der Waals surface area contributed by atoms with E-state index in [1.54, 1.807) is 33.0 Å². The third-order valence-corrected chi connectivity index (χ3v) is 4.29. The van der Waals surface area contributed by atoms with Gasteiger partial charge in [-0.3, -0.25) is 9.79 Å². The van der Waals surface area contributed by atoms with Crippen LogP contribution in [-0.4, -0.2) is 32.0 Å². The molecule has 6 nitrogen and oxygen atoms in total. The number of nitrogens with zero attached hydrogens (tertiary/aromatic N) is 1. The molecule has 0 aliphatic rings. The second kappa shape index (κ2) is 9.99. The molecule has 3 N–H and O–H groups in total. The van der Waals surface area contributed by atoms with Gasteiger partial charge in [-0.2, -0.15) is 13.2 Å². The summed E-state index contributed by atoms with van der Waals surface area (Å²) < 4.78 is 43.8. The maximum Gasteiger partial charge on any atom is 0.416 e. The fraction of sp³-hybridized carbons (Fsp3) is 0.400. The Morgan fingerprint density at radius 1 is 1.21 bits per heavy atom. The number of hydrogen-bond donors (Lipinski definition) is 3. The molecule has 0 saturated heterocycles. The van der Waals surface area contributed by atoms with E-state index in [0.717, 1.165) is 17.7 Å². The van der Waals surface area contributed by atoms with Crippen LogP contribution in [-0.2, 0) is 6.18 Å². The molecule has 0 aliphatic carbocycles. The smallest absolute Gasteiger partial charge is 0.416 e. The van der Waals surface area contributed by atoms with E-state index in [2.05, 4.69) is 20.9 Å². The Bertz CT molecular complexity index is 846. The number of rotatable bonds is 7. The minimum atomic E-state index is -4.38. The van der Waals surface area contributed by atoms with Crippen molar-refractivity contribution in [3.05, 3.63) is 59.0 Å². The molecule has 1 aromatic heterocycles. The molecule has 0 aliphatic heterocycles. The van der Waals surface area contributed by atoms with Gasteiger partial charge in [0.1, 0.15) is 0 Å². The molecule has 0 radical (unpaired) electrons.